The van der Waals surface area contributed by atoms with Crippen molar-refractivity contribution in [1.82, 2.24) is 10.2 Å². The zero-order valence-electron chi connectivity index (χ0n) is 13.4. The van der Waals surface area contributed by atoms with Crippen LogP contribution in [0, 0.1) is 5.92 Å². The third kappa shape index (κ3) is 4.11. The van der Waals surface area contributed by atoms with E-state index in [1.54, 1.807) is 0 Å². The molecule has 0 aromatic carbocycles. The second-order valence-electron chi connectivity index (χ2n) is 7.39. The third-order valence-corrected chi connectivity index (χ3v) is 4.48. The molecule has 4 heteroatoms. The summed E-state index contributed by atoms with van der Waals surface area (Å²) in [6.45, 7) is 9.85. The molecule has 0 aromatic rings. The number of hydrogen-bond donors (Lipinski definition) is 1. The Labute approximate surface area is 123 Å². The highest BCUT2D eigenvalue weighted by molar-refractivity contribution is 5.69. The van der Waals surface area contributed by atoms with E-state index in [1.807, 2.05) is 25.7 Å². The number of ether oxygens (including phenoxy) is 1. The lowest BCUT2D eigenvalue weighted by Crippen LogP contribution is -2.46. The first-order valence-electron chi connectivity index (χ1n) is 8.10. The van der Waals surface area contributed by atoms with Gasteiger partial charge in [-0.1, -0.05) is 13.3 Å². The molecule has 1 saturated heterocycles. The molecule has 1 aliphatic heterocycles. The molecule has 4 nitrogen and oxygen atoms in total. The largest absolute Gasteiger partial charge is 0.444 e. The molecule has 116 valence electrons. The summed E-state index contributed by atoms with van der Waals surface area (Å²) in [5, 5.41) is 3.67. The minimum atomic E-state index is -0.405. The van der Waals surface area contributed by atoms with Gasteiger partial charge in [-0.2, -0.15) is 0 Å². The minimum Gasteiger partial charge on any atom is -0.444 e. The van der Waals surface area contributed by atoms with Gasteiger partial charge in [0.05, 0.1) is 0 Å². The summed E-state index contributed by atoms with van der Waals surface area (Å²) in [6.07, 6.45) is 5.97. The normalized spacial score (nSPS) is 30.8. The predicted octanol–water partition coefficient (Wildman–Crippen LogP) is 3.16. The molecule has 2 rings (SSSR count). The molecule has 3 unspecified atom stereocenters. The molecule has 0 aromatic heterocycles. The number of amides is 1. The molecule has 2 fully saturated rings. The molecule has 20 heavy (non-hydrogen) atoms. The zero-order valence-corrected chi connectivity index (χ0v) is 13.4. The Hall–Kier alpha value is -0.770. The molecule has 1 amide bonds. The summed E-state index contributed by atoms with van der Waals surface area (Å²) >= 11 is 0. The van der Waals surface area contributed by atoms with Crippen LogP contribution in [0.25, 0.3) is 0 Å². The predicted molar refractivity (Wildman–Crippen MR) is 80.8 cm³/mol. The van der Waals surface area contributed by atoms with Gasteiger partial charge in [-0.25, -0.2) is 4.79 Å². The summed E-state index contributed by atoms with van der Waals surface area (Å²) in [4.78, 5) is 14.1. The van der Waals surface area contributed by atoms with Crippen LogP contribution in [0.5, 0.6) is 0 Å². The third-order valence-electron chi connectivity index (χ3n) is 4.48. The van der Waals surface area contributed by atoms with Crippen molar-refractivity contribution in [3.8, 4) is 0 Å². The lowest BCUT2D eigenvalue weighted by atomic mass is 10.1. The van der Waals surface area contributed by atoms with Crippen LogP contribution < -0.4 is 5.32 Å². The average molecular weight is 282 g/mol. The van der Waals surface area contributed by atoms with Gasteiger partial charge in [0.2, 0.25) is 0 Å². The Morgan fingerprint density at radius 2 is 2.00 bits per heavy atom. The maximum absolute atomic E-state index is 12.2. The second kappa shape index (κ2) is 6.33. The van der Waals surface area contributed by atoms with Crippen molar-refractivity contribution in [3.05, 3.63) is 0 Å². The van der Waals surface area contributed by atoms with Crippen molar-refractivity contribution in [2.75, 3.05) is 13.1 Å². The first-order chi connectivity index (χ1) is 9.37. The molecule has 1 saturated carbocycles. The van der Waals surface area contributed by atoms with E-state index in [0.717, 1.165) is 31.8 Å². The lowest BCUT2D eigenvalue weighted by Gasteiger charge is -2.30. The highest BCUT2D eigenvalue weighted by Gasteiger charge is 2.33. The van der Waals surface area contributed by atoms with Gasteiger partial charge in [-0.05, 0) is 52.4 Å². The smallest absolute Gasteiger partial charge is 0.410 e. The quantitative estimate of drug-likeness (QED) is 0.864. The molecule has 1 aliphatic carbocycles. The van der Waals surface area contributed by atoms with Gasteiger partial charge in [0.1, 0.15) is 5.60 Å². The van der Waals surface area contributed by atoms with Crippen molar-refractivity contribution in [3.63, 3.8) is 0 Å². The number of carbonyl (C=O) groups is 1. The van der Waals surface area contributed by atoms with E-state index >= 15 is 0 Å². The lowest BCUT2D eigenvalue weighted by molar-refractivity contribution is 0.0224. The van der Waals surface area contributed by atoms with Crippen molar-refractivity contribution in [1.29, 1.82) is 0 Å². The van der Waals surface area contributed by atoms with Crippen molar-refractivity contribution in [2.45, 2.75) is 77.5 Å². The Kier molecular flexibility index (Phi) is 4.95. The van der Waals surface area contributed by atoms with Crippen LogP contribution in [0.3, 0.4) is 0 Å². The van der Waals surface area contributed by atoms with Gasteiger partial charge in [-0.15, -0.1) is 0 Å². The number of likely N-dealkylation sites (tertiary alicyclic amines) is 1. The van der Waals surface area contributed by atoms with Gasteiger partial charge in [0.15, 0.2) is 0 Å². The van der Waals surface area contributed by atoms with E-state index in [9.17, 15) is 4.79 Å². The average Bonchev–Trinajstić information content (AvgIpc) is 2.92. The Morgan fingerprint density at radius 1 is 1.25 bits per heavy atom. The summed E-state index contributed by atoms with van der Waals surface area (Å²) in [5.41, 5.74) is -0.405. The van der Waals surface area contributed by atoms with Crippen molar-refractivity contribution in [2.24, 2.45) is 5.92 Å². The highest BCUT2D eigenvalue weighted by atomic mass is 16.6. The molecule has 1 heterocycles. The summed E-state index contributed by atoms with van der Waals surface area (Å²) in [7, 11) is 0. The fraction of sp³-hybridized carbons (Fsp3) is 0.938. The standard InChI is InChI=1S/C16H30N2O2/c1-12-7-5-9-14(12)17-11-13-8-6-10-18(13)15(19)20-16(2,3)4/h12-14,17H,5-11H2,1-4H3. The van der Waals surface area contributed by atoms with Crippen LogP contribution in [-0.2, 0) is 4.74 Å². The Balaban J connectivity index is 1.82. The summed E-state index contributed by atoms with van der Waals surface area (Å²) in [5.74, 6) is 0.770. The summed E-state index contributed by atoms with van der Waals surface area (Å²) in [6, 6.07) is 0.939. The fourth-order valence-corrected chi connectivity index (χ4v) is 3.34. The topological polar surface area (TPSA) is 41.6 Å². The van der Waals surface area contributed by atoms with Gasteiger partial charge in [-0.3, -0.25) is 0 Å². The second-order valence-corrected chi connectivity index (χ2v) is 7.39. The van der Waals surface area contributed by atoms with Crippen LogP contribution in [0.4, 0.5) is 4.79 Å². The van der Waals surface area contributed by atoms with Crippen molar-refractivity contribution >= 4 is 6.09 Å². The number of nitrogens with one attached hydrogen (secondary N) is 1. The first-order valence-corrected chi connectivity index (χ1v) is 8.10. The van der Waals surface area contributed by atoms with Crippen LogP contribution in [0.1, 0.15) is 59.8 Å². The maximum atomic E-state index is 12.2. The van der Waals surface area contributed by atoms with Gasteiger partial charge >= 0.3 is 6.09 Å². The molecule has 1 N–H and O–H groups in total. The van der Waals surface area contributed by atoms with E-state index < -0.39 is 5.60 Å². The summed E-state index contributed by atoms with van der Waals surface area (Å²) < 4.78 is 5.50. The van der Waals surface area contributed by atoms with E-state index in [1.165, 1.54) is 19.3 Å². The number of hydrogen-bond acceptors (Lipinski definition) is 3. The van der Waals surface area contributed by atoms with Gasteiger partial charge < -0.3 is 15.0 Å². The monoisotopic (exact) mass is 282 g/mol. The highest BCUT2D eigenvalue weighted by Crippen LogP contribution is 2.26. The van der Waals surface area contributed by atoms with Crippen LogP contribution in [0.15, 0.2) is 0 Å². The molecular formula is C16H30N2O2. The van der Waals surface area contributed by atoms with Crippen molar-refractivity contribution < 1.29 is 9.53 Å². The van der Waals surface area contributed by atoms with E-state index in [0.29, 0.717) is 12.1 Å². The first kappa shape index (κ1) is 15.6. The number of rotatable bonds is 3. The van der Waals surface area contributed by atoms with E-state index in [2.05, 4.69) is 12.2 Å². The molecule has 0 radical (unpaired) electrons. The molecule has 3 atom stereocenters. The SMILES string of the molecule is CC1CCCC1NCC1CCCN1C(=O)OC(C)(C)C. The zero-order chi connectivity index (χ0) is 14.8. The van der Waals surface area contributed by atoms with Crippen LogP contribution >= 0.6 is 0 Å². The number of carbonyl (C=O) groups excluding carboxylic acids is 1. The Bertz CT molecular complexity index is 338. The fourth-order valence-electron chi connectivity index (χ4n) is 3.34. The minimum absolute atomic E-state index is 0.152. The number of nitrogens with zero attached hydrogens (tertiary/aromatic N) is 1. The molecular weight excluding hydrogens is 252 g/mol. The molecule has 0 bridgehead atoms. The van der Waals surface area contributed by atoms with E-state index in [-0.39, 0.29) is 6.09 Å². The van der Waals surface area contributed by atoms with Gasteiger partial charge in [0.25, 0.3) is 0 Å². The molecule has 0 spiro atoms. The van der Waals surface area contributed by atoms with Crippen LogP contribution in [-0.4, -0.2) is 41.8 Å². The molecule has 2 aliphatic rings. The van der Waals surface area contributed by atoms with E-state index in [4.69, 9.17) is 4.74 Å². The van der Waals surface area contributed by atoms with Crippen LogP contribution in [0.2, 0.25) is 0 Å². The Morgan fingerprint density at radius 3 is 2.60 bits per heavy atom. The maximum Gasteiger partial charge on any atom is 0.410 e. The van der Waals surface area contributed by atoms with Gasteiger partial charge in [0, 0.05) is 25.2 Å².